The highest BCUT2D eigenvalue weighted by Crippen LogP contribution is 2.34. The van der Waals surface area contributed by atoms with Crippen LogP contribution in [0.5, 0.6) is 0 Å². The molecule has 0 heterocycles. The van der Waals surface area contributed by atoms with Crippen molar-refractivity contribution in [3.8, 4) is 0 Å². The van der Waals surface area contributed by atoms with Crippen LogP contribution in [-0.4, -0.2) is 10.7 Å². The summed E-state index contributed by atoms with van der Waals surface area (Å²) in [5.74, 6) is 0. The topological polar surface area (TPSA) is 0 Å². The summed E-state index contributed by atoms with van der Waals surface area (Å²) in [6.45, 7) is 4.58. The van der Waals surface area contributed by atoms with Crippen LogP contribution in [-0.2, 0) is 0 Å². The molecule has 0 aromatic rings. The average Bonchev–Trinajstić information content (AvgIpc) is 2.36. The monoisotopic (exact) mass is 368 g/mol. The summed E-state index contributed by atoms with van der Waals surface area (Å²) in [5.41, 5.74) is 0.512. The normalized spacial score (nSPS) is 12.0. The molecule has 0 aliphatic rings. The van der Waals surface area contributed by atoms with Gasteiger partial charge in [-0.2, -0.15) is 0 Å². The summed E-state index contributed by atoms with van der Waals surface area (Å²) in [6.07, 6.45) is 13.9. The summed E-state index contributed by atoms with van der Waals surface area (Å²) in [7, 11) is 0. The molecule has 17 heavy (non-hydrogen) atoms. The third kappa shape index (κ3) is 8.64. The molecule has 2 heteroatoms. The van der Waals surface area contributed by atoms with E-state index in [4.69, 9.17) is 0 Å². The lowest BCUT2D eigenvalue weighted by molar-refractivity contribution is 0.311. The van der Waals surface area contributed by atoms with Crippen molar-refractivity contribution in [1.82, 2.24) is 0 Å². The van der Waals surface area contributed by atoms with Gasteiger partial charge in [-0.05, 0) is 18.3 Å². The fraction of sp³-hybridized carbons (Fsp3) is 1.00. The summed E-state index contributed by atoms with van der Waals surface area (Å²) in [6, 6.07) is 0. The zero-order valence-corrected chi connectivity index (χ0v) is 14.9. The van der Waals surface area contributed by atoms with Crippen LogP contribution in [0.15, 0.2) is 0 Å². The van der Waals surface area contributed by atoms with E-state index in [0.717, 1.165) is 10.7 Å². The number of halogens is 2. The van der Waals surface area contributed by atoms with Crippen LogP contribution in [0.2, 0.25) is 0 Å². The number of hydrogen-bond donors (Lipinski definition) is 0. The molecule has 0 fully saturated rings. The molecular formula is C15H30Br2. The van der Waals surface area contributed by atoms with E-state index in [2.05, 4.69) is 45.7 Å². The van der Waals surface area contributed by atoms with E-state index in [0.29, 0.717) is 5.41 Å². The molecule has 0 aromatic carbocycles. The fourth-order valence-electron chi connectivity index (χ4n) is 2.42. The van der Waals surface area contributed by atoms with Crippen molar-refractivity contribution >= 4 is 31.9 Å². The van der Waals surface area contributed by atoms with Crippen LogP contribution in [0.1, 0.15) is 78.1 Å². The zero-order valence-electron chi connectivity index (χ0n) is 11.7. The Morgan fingerprint density at radius 3 is 1.65 bits per heavy atom. The van der Waals surface area contributed by atoms with E-state index in [9.17, 15) is 0 Å². The standard InChI is InChI=1S/C15H30Br2/c1-3-5-6-7-8-9-10-12-15(13-16,14-17)11-4-2/h3-14H2,1-2H3. The highest BCUT2D eigenvalue weighted by molar-refractivity contribution is 9.09. The van der Waals surface area contributed by atoms with Gasteiger partial charge in [0.2, 0.25) is 0 Å². The van der Waals surface area contributed by atoms with Crippen molar-refractivity contribution in [2.45, 2.75) is 78.1 Å². The largest absolute Gasteiger partial charge is 0.0922 e. The lowest BCUT2D eigenvalue weighted by Gasteiger charge is -2.29. The van der Waals surface area contributed by atoms with E-state index in [1.54, 1.807) is 0 Å². The van der Waals surface area contributed by atoms with Gasteiger partial charge in [0, 0.05) is 10.7 Å². The molecule has 0 bridgehead atoms. The Morgan fingerprint density at radius 1 is 0.647 bits per heavy atom. The van der Waals surface area contributed by atoms with E-state index >= 15 is 0 Å². The van der Waals surface area contributed by atoms with Crippen LogP contribution in [0.3, 0.4) is 0 Å². The average molecular weight is 370 g/mol. The molecule has 0 atom stereocenters. The fourth-order valence-corrected chi connectivity index (χ4v) is 4.47. The predicted octanol–water partition coefficient (Wildman–Crippen LogP) is 6.70. The Balaban J connectivity index is 3.61. The number of alkyl halides is 2. The smallest absolute Gasteiger partial charge is 0.00959 e. The first-order chi connectivity index (χ1) is 8.24. The highest BCUT2D eigenvalue weighted by Gasteiger charge is 2.25. The maximum atomic E-state index is 3.71. The summed E-state index contributed by atoms with van der Waals surface area (Å²) >= 11 is 7.42. The van der Waals surface area contributed by atoms with Gasteiger partial charge in [-0.1, -0.05) is 97.1 Å². The van der Waals surface area contributed by atoms with Crippen LogP contribution in [0.25, 0.3) is 0 Å². The third-order valence-corrected chi connectivity index (χ3v) is 6.04. The maximum absolute atomic E-state index is 3.71. The molecule has 0 aliphatic heterocycles. The van der Waals surface area contributed by atoms with Gasteiger partial charge in [0.15, 0.2) is 0 Å². The van der Waals surface area contributed by atoms with Crippen LogP contribution in [0, 0.1) is 5.41 Å². The molecule has 0 saturated heterocycles. The summed E-state index contributed by atoms with van der Waals surface area (Å²) in [5, 5.41) is 2.30. The maximum Gasteiger partial charge on any atom is 0.00959 e. The van der Waals surface area contributed by atoms with Gasteiger partial charge in [-0.15, -0.1) is 0 Å². The highest BCUT2D eigenvalue weighted by atomic mass is 79.9. The van der Waals surface area contributed by atoms with Crippen LogP contribution < -0.4 is 0 Å². The number of unbranched alkanes of at least 4 members (excludes halogenated alkanes) is 6. The molecule has 0 aliphatic carbocycles. The first kappa shape index (κ1) is 18.0. The van der Waals surface area contributed by atoms with Gasteiger partial charge in [0.05, 0.1) is 0 Å². The molecule has 0 rings (SSSR count). The van der Waals surface area contributed by atoms with Crippen molar-refractivity contribution in [3.63, 3.8) is 0 Å². The van der Waals surface area contributed by atoms with Gasteiger partial charge in [0.25, 0.3) is 0 Å². The van der Waals surface area contributed by atoms with Crippen molar-refractivity contribution in [2.24, 2.45) is 5.41 Å². The summed E-state index contributed by atoms with van der Waals surface area (Å²) < 4.78 is 0. The lowest BCUT2D eigenvalue weighted by atomic mass is 9.82. The van der Waals surface area contributed by atoms with Crippen LogP contribution >= 0.6 is 31.9 Å². The van der Waals surface area contributed by atoms with E-state index in [-0.39, 0.29) is 0 Å². The Hall–Kier alpha value is 0.960. The minimum absolute atomic E-state index is 0.512. The second-order valence-corrected chi connectivity index (χ2v) is 6.51. The number of rotatable bonds is 12. The van der Waals surface area contributed by atoms with Gasteiger partial charge < -0.3 is 0 Å². The molecule has 0 N–H and O–H groups in total. The zero-order chi connectivity index (χ0) is 13.0. The van der Waals surface area contributed by atoms with E-state index in [1.807, 2.05) is 0 Å². The molecule has 0 unspecified atom stereocenters. The third-order valence-electron chi connectivity index (χ3n) is 3.66. The van der Waals surface area contributed by atoms with Gasteiger partial charge in [0.1, 0.15) is 0 Å². The first-order valence-electron chi connectivity index (χ1n) is 7.36. The van der Waals surface area contributed by atoms with Crippen molar-refractivity contribution in [3.05, 3.63) is 0 Å². The lowest BCUT2D eigenvalue weighted by Crippen LogP contribution is -2.24. The van der Waals surface area contributed by atoms with Gasteiger partial charge >= 0.3 is 0 Å². The van der Waals surface area contributed by atoms with Crippen molar-refractivity contribution < 1.29 is 0 Å². The second-order valence-electron chi connectivity index (χ2n) is 5.39. The molecule has 0 nitrogen and oxygen atoms in total. The minimum atomic E-state index is 0.512. The van der Waals surface area contributed by atoms with E-state index < -0.39 is 0 Å². The Kier molecular flexibility index (Phi) is 12.7. The van der Waals surface area contributed by atoms with Crippen LogP contribution in [0.4, 0.5) is 0 Å². The van der Waals surface area contributed by atoms with Gasteiger partial charge in [-0.3, -0.25) is 0 Å². The molecule has 0 amide bonds. The molecule has 0 aromatic heterocycles. The minimum Gasteiger partial charge on any atom is -0.0922 e. The van der Waals surface area contributed by atoms with E-state index in [1.165, 1.54) is 64.2 Å². The first-order valence-corrected chi connectivity index (χ1v) is 9.61. The molecule has 0 radical (unpaired) electrons. The Labute approximate surface area is 126 Å². The van der Waals surface area contributed by atoms with Crippen molar-refractivity contribution in [2.75, 3.05) is 10.7 Å². The number of hydrogen-bond acceptors (Lipinski definition) is 0. The molecule has 0 saturated carbocycles. The quantitative estimate of drug-likeness (QED) is 0.265. The predicted molar refractivity (Wildman–Crippen MR) is 87.5 cm³/mol. The molecule has 0 spiro atoms. The Bertz CT molecular complexity index is 153. The van der Waals surface area contributed by atoms with Gasteiger partial charge in [-0.25, -0.2) is 0 Å². The van der Waals surface area contributed by atoms with Crippen molar-refractivity contribution in [1.29, 1.82) is 0 Å². The molecule has 104 valence electrons. The summed E-state index contributed by atoms with van der Waals surface area (Å²) in [4.78, 5) is 0. The second kappa shape index (κ2) is 12.0. The SMILES string of the molecule is CCCCCCCCCC(CBr)(CBr)CCC. The Morgan fingerprint density at radius 2 is 1.18 bits per heavy atom. The molecular weight excluding hydrogens is 340 g/mol.